The number of rotatable bonds is 6. The van der Waals surface area contributed by atoms with Gasteiger partial charge in [-0.25, -0.2) is 4.39 Å². The normalized spacial score (nSPS) is 10.4. The van der Waals surface area contributed by atoms with Crippen molar-refractivity contribution in [3.05, 3.63) is 89.2 Å². The lowest BCUT2D eigenvalue weighted by Gasteiger charge is -2.10. The molecule has 0 heterocycles. The predicted octanol–water partition coefficient (Wildman–Crippen LogP) is 5.43. The average molecular weight is 408 g/mol. The largest absolute Gasteiger partial charge is 0.325 e. The molecule has 3 aromatic rings. The van der Waals surface area contributed by atoms with Crippen LogP contribution in [-0.4, -0.2) is 17.6 Å². The molecule has 0 aliphatic rings. The maximum absolute atomic E-state index is 13.0. The summed E-state index contributed by atoms with van der Waals surface area (Å²) in [5, 5.41) is 5.72. The van der Waals surface area contributed by atoms with Crippen LogP contribution in [0.15, 0.2) is 71.6 Å². The molecule has 0 unspecified atom stereocenters. The number of aryl methyl sites for hydroxylation is 2. The minimum atomic E-state index is -0.390. The highest BCUT2D eigenvalue weighted by molar-refractivity contribution is 8.00. The topological polar surface area (TPSA) is 58.2 Å². The van der Waals surface area contributed by atoms with Crippen molar-refractivity contribution in [3.8, 4) is 0 Å². The minimum Gasteiger partial charge on any atom is -0.325 e. The molecule has 0 radical (unpaired) electrons. The molecule has 0 aliphatic carbocycles. The Kier molecular flexibility index (Phi) is 6.67. The van der Waals surface area contributed by atoms with E-state index in [4.69, 9.17) is 0 Å². The number of anilines is 2. The van der Waals surface area contributed by atoms with Gasteiger partial charge in [-0.05, 0) is 73.5 Å². The Labute approximate surface area is 173 Å². The van der Waals surface area contributed by atoms with Crippen LogP contribution in [0.25, 0.3) is 0 Å². The number of thioether (sulfide) groups is 1. The van der Waals surface area contributed by atoms with E-state index in [0.29, 0.717) is 11.3 Å². The van der Waals surface area contributed by atoms with Crippen LogP contribution in [0.5, 0.6) is 0 Å². The van der Waals surface area contributed by atoms with Crippen molar-refractivity contribution >= 4 is 35.0 Å². The van der Waals surface area contributed by atoms with E-state index in [2.05, 4.69) is 10.6 Å². The van der Waals surface area contributed by atoms with Gasteiger partial charge in [0, 0.05) is 21.8 Å². The Hall–Kier alpha value is -3.12. The van der Waals surface area contributed by atoms with E-state index in [1.54, 1.807) is 12.1 Å². The molecule has 0 saturated carbocycles. The Balaban J connectivity index is 1.58. The van der Waals surface area contributed by atoms with Gasteiger partial charge >= 0.3 is 0 Å². The van der Waals surface area contributed by atoms with Crippen LogP contribution < -0.4 is 10.6 Å². The van der Waals surface area contributed by atoms with Gasteiger partial charge in [0.25, 0.3) is 5.91 Å². The highest BCUT2D eigenvalue weighted by Crippen LogP contribution is 2.23. The summed E-state index contributed by atoms with van der Waals surface area (Å²) in [6.07, 6.45) is 0. The third kappa shape index (κ3) is 5.93. The van der Waals surface area contributed by atoms with Crippen molar-refractivity contribution in [3.63, 3.8) is 0 Å². The van der Waals surface area contributed by atoms with E-state index < -0.39 is 0 Å². The standard InChI is InChI=1S/C23H21FN2O2S/c1-15-6-7-16(2)21(12-15)26-22(27)14-29-20-5-3-4-19(13-20)25-23(28)17-8-10-18(24)11-9-17/h3-13H,14H2,1-2H3,(H,25,28)(H,26,27). The maximum atomic E-state index is 13.0. The van der Waals surface area contributed by atoms with Crippen LogP contribution in [0.4, 0.5) is 15.8 Å². The summed E-state index contributed by atoms with van der Waals surface area (Å²) < 4.78 is 13.0. The van der Waals surface area contributed by atoms with Crippen LogP contribution >= 0.6 is 11.8 Å². The molecule has 4 nitrogen and oxygen atoms in total. The Bertz CT molecular complexity index is 1040. The Morgan fingerprint density at radius 2 is 1.69 bits per heavy atom. The van der Waals surface area contributed by atoms with E-state index in [0.717, 1.165) is 21.7 Å². The van der Waals surface area contributed by atoms with Crippen LogP contribution in [0.1, 0.15) is 21.5 Å². The zero-order valence-corrected chi connectivity index (χ0v) is 17.0. The smallest absolute Gasteiger partial charge is 0.255 e. The van der Waals surface area contributed by atoms with E-state index in [1.807, 2.05) is 44.2 Å². The molecule has 3 aromatic carbocycles. The average Bonchev–Trinajstić information content (AvgIpc) is 2.70. The summed E-state index contributed by atoms with van der Waals surface area (Å²) in [5.74, 6) is -0.550. The summed E-state index contributed by atoms with van der Waals surface area (Å²) >= 11 is 1.38. The predicted molar refractivity (Wildman–Crippen MR) is 116 cm³/mol. The first-order valence-corrected chi connectivity index (χ1v) is 10.1. The molecule has 29 heavy (non-hydrogen) atoms. The van der Waals surface area contributed by atoms with E-state index in [1.165, 1.54) is 36.0 Å². The molecule has 0 atom stereocenters. The number of halogens is 1. The molecule has 2 amide bonds. The van der Waals surface area contributed by atoms with Gasteiger partial charge in [-0.3, -0.25) is 9.59 Å². The number of nitrogens with one attached hydrogen (secondary N) is 2. The summed E-state index contributed by atoms with van der Waals surface area (Å²) in [5.41, 5.74) is 3.90. The fourth-order valence-electron chi connectivity index (χ4n) is 2.67. The third-order valence-corrected chi connectivity index (χ3v) is 5.23. The van der Waals surface area contributed by atoms with Gasteiger partial charge < -0.3 is 10.6 Å². The van der Waals surface area contributed by atoms with E-state index in [-0.39, 0.29) is 23.4 Å². The molecule has 3 rings (SSSR count). The van der Waals surface area contributed by atoms with Crippen LogP contribution in [0.2, 0.25) is 0 Å². The van der Waals surface area contributed by atoms with Crippen LogP contribution in [-0.2, 0) is 4.79 Å². The highest BCUT2D eigenvalue weighted by Gasteiger charge is 2.09. The van der Waals surface area contributed by atoms with Gasteiger partial charge in [0.2, 0.25) is 5.91 Å². The molecule has 0 saturated heterocycles. The summed E-state index contributed by atoms with van der Waals surface area (Å²) in [7, 11) is 0. The molecular weight excluding hydrogens is 387 g/mol. The molecule has 148 valence electrons. The molecule has 2 N–H and O–H groups in total. The number of carbonyl (C=O) groups is 2. The molecule has 0 aliphatic heterocycles. The molecule has 0 bridgehead atoms. The van der Waals surface area contributed by atoms with Gasteiger partial charge in [-0.15, -0.1) is 11.8 Å². The van der Waals surface area contributed by atoms with Gasteiger partial charge in [0.15, 0.2) is 0 Å². The van der Waals surface area contributed by atoms with Crippen molar-refractivity contribution in [1.29, 1.82) is 0 Å². The summed E-state index contributed by atoms with van der Waals surface area (Å²) in [6, 6.07) is 18.5. The first-order valence-electron chi connectivity index (χ1n) is 9.07. The quantitative estimate of drug-likeness (QED) is 0.535. The third-order valence-electron chi connectivity index (χ3n) is 4.24. The lowest BCUT2D eigenvalue weighted by atomic mass is 10.1. The summed E-state index contributed by atoms with van der Waals surface area (Å²) in [6.45, 7) is 3.94. The number of carbonyl (C=O) groups excluding carboxylic acids is 2. The second-order valence-corrected chi connectivity index (χ2v) is 7.69. The SMILES string of the molecule is Cc1ccc(C)c(NC(=O)CSc2cccc(NC(=O)c3ccc(F)cc3)c2)c1. The van der Waals surface area contributed by atoms with Crippen molar-refractivity contribution in [1.82, 2.24) is 0 Å². The number of hydrogen-bond acceptors (Lipinski definition) is 3. The fourth-order valence-corrected chi connectivity index (χ4v) is 3.43. The molecule has 0 aromatic heterocycles. The molecular formula is C23H21FN2O2S. The summed E-state index contributed by atoms with van der Waals surface area (Å²) in [4.78, 5) is 25.4. The van der Waals surface area contributed by atoms with Crippen molar-refractivity contribution < 1.29 is 14.0 Å². The monoisotopic (exact) mass is 408 g/mol. The van der Waals surface area contributed by atoms with E-state index >= 15 is 0 Å². The first kappa shape index (κ1) is 20.6. The van der Waals surface area contributed by atoms with Gasteiger partial charge in [-0.1, -0.05) is 18.2 Å². The highest BCUT2D eigenvalue weighted by atomic mass is 32.2. The number of hydrogen-bond donors (Lipinski definition) is 2. The second kappa shape index (κ2) is 9.39. The second-order valence-electron chi connectivity index (χ2n) is 6.64. The number of amides is 2. The van der Waals surface area contributed by atoms with E-state index in [9.17, 15) is 14.0 Å². The van der Waals surface area contributed by atoms with Gasteiger partial charge in [0.1, 0.15) is 5.82 Å². The lowest BCUT2D eigenvalue weighted by Crippen LogP contribution is -2.15. The van der Waals surface area contributed by atoms with Crippen molar-refractivity contribution in [2.75, 3.05) is 16.4 Å². The zero-order valence-electron chi connectivity index (χ0n) is 16.2. The lowest BCUT2D eigenvalue weighted by molar-refractivity contribution is -0.113. The molecule has 0 spiro atoms. The fraction of sp³-hybridized carbons (Fsp3) is 0.130. The minimum absolute atomic E-state index is 0.0931. The van der Waals surface area contributed by atoms with Crippen LogP contribution in [0, 0.1) is 19.7 Å². The van der Waals surface area contributed by atoms with Crippen LogP contribution in [0.3, 0.4) is 0 Å². The zero-order chi connectivity index (χ0) is 20.8. The van der Waals surface area contributed by atoms with Crippen molar-refractivity contribution in [2.24, 2.45) is 0 Å². The van der Waals surface area contributed by atoms with Gasteiger partial charge in [-0.2, -0.15) is 0 Å². The Morgan fingerprint density at radius 1 is 0.931 bits per heavy atom. The van der Waals surface area contributed by atoms with Gasteiger partial charge in [0.05, 0.1) is 5.75 Å². The number of benzene rings is 3. The maximum Gasteiger partial charge on any atom is 0.255 e. The van der Waals surface area contributed by atoms with Crippen molar-refractivity contribution in [2.45, 2.75) is 18.7 Å². The Morgan fingerprint density at radius 3 is 2.45 bits per heavy atom. The molecule has 0 fully saturated rings. The first-order chi connectivity index (χ1) is 13.9. The molecule has 6 heteroatoms.